The number of fused-ring (bicyclic) bond motifs is 3. The van der Waals surface area contributed by atoms with Gasteiger partial charge in [0.2, 0.25) is 0 Å². The van der Waals surface area contributed by atoms with Gasteiger partial charge in [0.15, 0.2) is 0 Å². The molecule has 5 nitrogen and oxygen atoms in total. The van der Waals surface area contributed by atoms with Crippen LogP contribution in [0.1, 0.15) is 28.4 Å². The van der Waals surface area contributed by atoms with Crippen LogP contribution in [0.3, 0.4) is 0 Å². The van der Waals surface area contributed by atoms with Crippen LogP contribution in [-0.2, 0) is 11.3 Å². The Morgan fingerprint density at radius 1 is 1.07 bits per heavy atom. The zero-order chi connectivity index (χ0) is 19.5. The van der Waals surface area contributed by atoms with Crippen molar-refractivity contribution in [1.82, 2.24) is 4.40 Å². The third-order valence-corrected chi connectivity index (χ3v) is 4.55. The van der Waals surface area contributed by atoms with Gasteiger partial charge in [0.05, 0.1) is 41.0 Å². The lowest BCUT2D eigenvalue weighted by Gasteiger charge is -2.08. The minimum atomic E-state index is -0.330. The van der Waals surface area contributed by atoms with Crippen molar-refractivity contribution in [3.05, 3.63) is 83.6 Å². The maximum absolute atomic E-state index is 12.5. The number of hydrogen-bond acceptors (Lipinski definition) is 4. The van der Waals surface area contributed by atoms with Crippen molar-refractivity contribution < 1.29 is 14.3 Å². The molecule has 0 fully saturated rings. The second kappa shape index (κ2) is 7.45. The fraction of sp³-hybridized carbons (Fsp3) is 0.130. The van der Waals surface area contributed by atoms with Crippen LogP contribution in [0.2, 0.25) is 0 Å². The van der Waals surface area contributed by atoms with E-state index in [1.807, 2.05) is 65.2 Å². The Balaban J connectivity index is 1.72. The van der Waals surface area contributed by atoms with Gasteiger partial charge in [-0.15, -0.1) is 0 Å². The van der Waals surface area contributed by atoms with Crippen LogP contribution in [0.25, 0.3) is 16.4 Å². The Kier molecular flexibility index (Phi) is 4.69. The molecule has 2 aromatic carbocycles. The number of hydrogen-bond donors (Lipinski definition) is 0. The molecule has 4 aromatic rings. The molecule has 0 saturated heterocycles. The fourth-order valence-corrected chi connectivity index (χ4v) is 3.32. The molecule has 0 aliphatic heterocycles. The average molecular weight is 370 g/mol. The number of esters is 1. The quantitative estimate of drug-likeness (QED) is 0.477. The number of para-hydroxylation sites is 1. The predicted octanol–water partition coefficient (Wildman–Crippen LogP) is 4.72. The number of pyridine rings is 1. The highest BCUT2D eigenvalue weighted by atomic mass is 16.5. The summed E-state index contributed by atoms with van der Waals surface area (Å²) < 4.78 is 13.1. The van der Waals surface area contributed by atoms with Crippen LogP contribution >= 0.6 is 0 Å². The minimum absolute atomic E-state index is 0.327. The van der Waals surface area contributed by atoms with Gasteiger partial charge in [-0.2, -0.15) is 5.26 Å². The lowest BCUT2D eigenvalue weighted by Crippen LogP contribution is -2.04. The second-order valence-corrected chi connectivity index (χ2v) is 6.33. The van der Waals surface area contributed by atoms with Gasteiger partial charge >= 0.3 is 5.97 Å². The summed E-state index contributed by atoms with van der Waals surface area (Å²) in [5, 5.41) is 9.87. The first-order chi connectivity index (χ1) is 13.7. The Labute approximate surface area is 162 Å². The van der Waals surface area contributed by atoms with E-state index in [9.17, 15) is 4.79 Å². The van der Waals surface area contributed by atoms with Gasteiger partial charge < -0.3 is 13.9 Å². The number of benzene rings is 2. The first-order valence-electron chi connectivity index (χ1n) is 9.03. The van der Waals surface area contributed by atoms with Crippen LogP contribution in [0.15, 0.2) is 66.9 Å². The third kappa shape index (κ3) is 3.17. The van der Waals surface area contributed by atoms with E-state index in [0.717, 1.165) is 22.0 Å². The number of carbonyl (C=O) groups is 1. The van der Waals surface area contributed by atoms with Gasteiger partial charge in [-0.1, -0.05) is 30.3 Å². The molecule has 0 spiro atoms. The normalized spacial score (nSPS) is 10.7. The molecule has 0 radical (unpaired) electrons. The molecule has 5 heteroatoms. The summed E-state index contributed by atoms with van der Waals surface area (Å²) in [6.07, 6.45) is 1.87. The fourth-order valence-electron chi connectivity index (χ4n) is 3.32. The standard InChI is InChI=1S/C23H18N2O3/c1-2-27-23(26)22-19-8-3-4-9-20(19)25-14-18(10-11-21(22)25)28-15-17-7-5-6-16(12-17)13-24/h3-12,14H,2,15H2,1H3. The summed E-state index contributed by atoms with van der Waals surface area (Å²) in [7, 11) is 0. The molecule has 0 unspecified atom stereocenters. The molecule has 0 saturated carbocycles. The zero-order valence-corrected chi connectivity index (χ0v) is 15.4. The highest BCUT2D eigenvalue weighted by molar-refractivity contribution is 6.11. The molecule has 0 N–H and O–H groups in total. The smallest absolute Gasteiger partial charge is 0.340 e. The van der Waals surface area contributed by atoms with E-state index in [4.69, 9.17) is 14.7 Å². The first-order valence-corrected chi connectivity index (χ1v) is 9.03. The van der Waals surface area contributed by atoms with E-state index in [0.29, 0.717) is 30.1 Å². The number of ether oxygens (including phenoxy) is 2. The van der Waals surface area contributed by atoms with Gasteiger partial charge in [-0.25, -0.2) is 4.79 Å². The van der Waals surface area contributed by atoms with Crippen LogP contribution in [-0.4, -0.2) is 17.0 Å². The monoisotopic (exact) mass is 370 g/mol. The van der Waals surface area contributed by atoms with Crippen LogP contribution in [0, 0.1) is 11.3 Å². The lowest BCUT2D eigenvalue weighted by atomic mass is 10.1. The summed E-state index contributed by atoms with van der Waals surface area (Å²) in [5.74, 6) is 0.342. The Morgan fingerprint density at radius 3 is 2.75 bits per heavy atom. The molecular weight excluding hydrogens is 352 g/mol. The Hall–Kier alpha value is -3.78. The third-order valence-electron chi connectivity index (χ3n) is 4.55. The lowest BCUT2D eigenvalue weighted by molar-refractivity contribution is 0.0531. The highest BCUT2D eigenvalue weighted by Gasteiger charge is 2.19. The maximum atomic E-state index is 12.5. The average Bonchev–Trinajstić information content (AvgIpc) is 3.06. The minimum Gasteiger partial charge on any atom is -0.487 e. The van der Waals surface area contributed by atoms with Crippen molar-refractivity contribution in [2.24, 2.45) is 0 Å². The van der Waals surface area contributed by atoms with E-state index in [1.54, 1.807) is 13.0 Å². The van der Waals surface area contributed by atoms with Gasteiger partial charge in [-0.05, 0) is 42.8 Å². The van der Waals surface area contributed by atoms with E-state index in [1.165, 1.54) is 0 Å². The number of aromatic nitrogens is 1. The second-order valence-electron chi connectivity index (χ2n) is 6.33. The largest absolute Gasteiger partial charge is 0.487 e. The van der Waals surface area contributed by atoms with Gasteiger partial charge in [0.25, 0.3) is 0 Å². The SMILES string of the molecule is CCOC(=O)c1c2ccccc2n2cc(OCc3cccc(C#N)c3)ccc12. The van der Waals surface area contributed by atoms with E-state index in [-0.39, 0.29) is 5.97 Å². The number of rotatable bonds is 5. The molecule has 28 heavy (non-hydrogen) atoms. The topological polar surface area (TPSA) is 63.7 Å². The van der Waals surface area contributed by atoms with Crippen molar-refractivity contribution in [2.75, 3.05) is 6.61 Å². The van der Waals surface area contributed by atoms with Gasteiger partial charge in [-0.3, -0.25) is 0 Å². The molecule has 4 rings (SSSR count). The summed E-state index contributed by atoms with van der Waals surface area (Å²) in [5.41, 5.74) is 3.78. The molecule has 138 valence electrons. The van der Waals surface area contributed by atoms with E-state index >= 15 is 0 Å². The molecular formula is C23H18N2O3. The van der Waals surface area contributed by atoms with Crippen molar-refractivity contribution in [3.8, 4) is 11.8 Å². The predicted molar refractivity (Wildman–Crippen MR) is 106 cm³/mol. The van der Waals surface area contributed by atoms with Crippen molar-refractivity contribution in [1.29, 1.82) is 5.26 Å². The van der Waals surface area contributed by atoms with Crippen LogP contribution in [0.5, 0.6) is 5.75 Å². The highest BCUT2D eigenvalue weighted by Crippen LogP contribution is 2.29. The molecule has 0 bridgehead atoms. The van der Waals surface area contributed by atoms with Crippen LogP contribution in [0.4, 0.5) is 0 Å². The van der Waals surface area contributed by atoms with Crippen LogP contribution < -0.4 is 4.74 Å². The van der Waals surface area contributed by atoms with E-state index < -0.39 is 0 Å². The van der Waals surface area contributed by atoms with Gasteiger partial charge in [0.1, 0.15) is 12.4 Å². The Morgan fingerprint density at radius 2 is 1.93 bits per heavy atom. The summed E-state index contributed by atoms with van der Waals surface area (Å²) >= 11 is 0. The molecule has 0 aliphatic rings. The summed E-state index contributed by atoms with van der Waals surface area (Å²) in [6, 6.07) is 20.9. The number of nitriles is 1. The first kappa shape index (κ1) is 17.6. The van der Waals surface area contributed by atoms with Crippen molar-refractivity contribution in [2.45, 2.75) is 13.5 Å². The molecule has 0 aliphatic carbocycles. The molecule has 2 aromatic heterocycles. The summed E-state index contributed by atoms with van der Waals surface area (Å²) in [4.78, 5) is 12.5. The van der Waals surface area contributed by atoms with Crippen molar-refractivity contribution >= 4 is 22.4 Å². The molecule has 0 amide bonds. The maximum Gasteiger partial charge on any atom is 0.340 e. The number of carbonyl (C=O) groups excluding carboxylic acids is 1. The summed E-state index contributed by atoms with van der Waals surface area (Å²) in [6.45, 7) is 2.48. The van der Waals surface area contributed by atoms with Crippen molar-refractivity contribution in [3.63, 3.8) is 0 Å². The molecule has 2 heterocycles. The number of nitrogens with zero attached hydrogens (tertiary/aromatic N) is 2. The zero-order valence-electron chi connectivity index (χ0n) is 15.4. The van der Waals surface area contributed by atoms with E-state index in [2.05, 4.69) is 6.07 Å². The Bertz CT molecular complexity index is 1220. The van der Waals surface area contributed by atoms with Gasteiger partial charge in [0, 0.05) is 5.39 Å². The molecule has 0 atom stereocenters.